The minimum atomic E-state index is -1.70. The van der Waals surface area contributed by atoms with E-state index < -0.39 is 60.2 Å². The third-order valence-electron chi connectivity index (χ3n) is 6.82. The highest BCUT2D eigenvalue weighted by molar-refractivity contribution is 5.95. The van der Waals surface area contributed by atoms with Crippen LogP contribution in [0.15, 0.2) is 30.5 Å². The van der Waals surface area contributed by atoms with Crippen molar-refractivity contribution in [2.75, 3.05) is 6.54 Å². The second kappa shape index (κ2) is 15.6. The molecule has 220 valence electrons. The maximum absolute atomic E-state index is 13.5. The Labute approximate surface area is 232 Å². The number of aromatic amines is 1. The van der Waals surface area contributed by atoms with E-state index in [1.165, 1.54) is 0 Å². The van der Waals surface area contributed by atoms with Crippen molar-refractivity contribution in [2.45, 2.75) is 76.5 Å². The number of carbonyl (C=O) groups excluding carboxylic acids is 3. The lowest BCUT2D eigenvalue weighted by molar-refractivity contribution is -0.147. The molecule has 1 aromatic heterocycles. The molecule has 0 aliphatic rings. The van der Waals surface area contributed by atoms with Crippen LogP contribution in [-0.2, 0) is 30.4 Å². The van der Waals surface area contributed by atoms with Crippen molar-refractivity contribution < 1.29 is 34.2 Å². The maximum Gasteiger partial charge on any atom is 0.326 e. The molecule has 1 aromatic carbocycles. The largest absolute Gasteiger partial charge is 0.481 e. The molecule has 0 saturated heterocycles. The number of amides is 3. The van der Waals surface area contributed by atoms with Crippen molar-refractivity contribution in [3.8, 4) is 0 Å². The normalized spacial score (nSPS) is 14.9. The van der Waals surface area contributed by atoms with Gasteiger partial charge in [-0.25, -0.2) is 4.79 Å². The molecule has 10 N–H and O–H groups in total. The van der Waals surface area contributed by atoms with Gasteiger partial charge in [-0.3, -0.25) is 19.2 Å². The van der Waals surface area contributed by atoms with Crippen molar-refractivity contribution >= 4 is 40.6 Å². The molecule has 0 aliphatic heterocycles. The summed E-state index contributed by atoms with van der Waals surface area (Å²) in [4.78, 5) is 65.3. The number of hydrogen-bond donors (Lipinski definition) is 8. The number of nitrogens with one attached hydrogen (secondary N) is 4. The highest BCUT2D eigenvalue weighted by Crippen LogP contribution is 2.20. The summed E-state index contributed by atoms with van der Waals surface area (Å²) < 4.78 is 0. The smallest absolute Gasteiger partial charge is 0.326 e. The van der Waals surface area contributed by atoms with Gasteiger partial charge in [-0.05, 0) is 36.9 Å². The lowest BCUT2D eigenvalue weighted by atomic mass is 9.96. The van der Waals surface area contributed by atoms with Gasteiger partial charge < -0.3 is 42.6 Å². The number of carbonyl (C=O) groups is 5. The third kappa shape index (κ3) is 9.35. The highest BCUT2D eigenvalue weighted by Gasteiger charge is 2.33. The van der Waals surface area contributed by atoms with Gasteiger partial charge in [0.15, 0.2) is 0 Å². The van der Waals surface area contributed by atoms with Crippen molar-refractivity contribution in [1.82, 2.24) is 20.9 Å². The van der Waals surface area contributed by atoms with E-state index in [4.69, 9.17) is 16.6 Å². The van der Waals surface area contributed by atoms with Gasteiger partial charge in [0, 0.05) is 23.5 Å². The first-order chi connectivity index (χ1) is 19.0. The number of benzene rings is 1. The molecule has 0 bridgehead atoms. The van der Waals surface area contributed by atoms with Gasteiger partial charge in [-0.15, -0.1) is 0 Å². The van der Waals surface area contributed by atoms with Crippen LogP contribution in [0.4, 0.5) is 0 Å². The maximum atomic E-state index is 13.5. The standard InChI is InChI=1S/C27H40N6O7/c1-3-15(2)23(33-24(36)18(29)9-6-7-11-28)26(38)31-20(25(37)32-21(27(39)40)13-22(34)35)12-16-14-30-19-10-5-4-8-17(16)19/h4-5,8,10,14-15,18,20-21,23,30H,3,6-7,9,11-13,28-29H2,1-2H3,(H,31,38)(H,32,37)(H,33,36)(H,34,35)(H,39,40). The topological polar surface area (TPSA) is 230 Å². The summed E-state index contributed by atoms with van der Waals surface area (Å²) in [5.74, 6) is -5.30. The Morgan fingerprint density at radius 3 is 2.25 bits per heavy atom. The Kier molecular flexibility index (Phi) is 12.6. The number of rotatable bonds is 17. The van der Waals surface area contributed by atoms with Crippen LogP contribution < -0.4 is 27.4 Å². The number of aliphatic carboxylic acids is 2. The molecule has 40 heavy (non-hydrogen) atoms. The van der Waals surface area contributed by atoms with Gasteiger partial charge in [0.2, 0.25) is 17.7 Å². The van der Waals surface area contributed by atoms with E-state index in [0.717, 1.165) is 10.9 Å². The molecule has 13 nitrogen and oxygen atoms in total. The summed E-state index contributed by atoms with van der Waals surface area (Å²) in [5.41, 5.74) is 13.0. The van der Waals surface area contributed by atoms with Crippen molar-refractivity contribution in [3.05, 3.63) is 36.0 Å². The van der Waals surface area contributed by atoms with E-state index in [1.807, 2.05) is 31.2 Å². The van der Waals surface area contributed by atoms with Crippen LogP contribution in [0.3, 0.4) is 0 Å². The zero-order chi connectivity index (χ0) is 29.8. The van der Waals surface area contributed by atoms with E-state index >= 15 is 0 Å². The fraction of sp³-hybridized carbons (Fsp3) is 0.519. The SMILES string of the molecule is CCC(C)C(NC(=O)C(N)CCCCN)C(=O)NC(Cc1c[nH]c2ccccc12)C(=O)NC(CC(=O)O)C(=O)O. The number of nitrogens with two attached hydrogens (primary N) is 2. The number of carboxylic acids is 2. The molecule has 5 atom stereocenters. The second-order valence-corrected chi connectivity index (χ2v) is 9.88. The predicted octanol–water partition coefficient (Wildman–Crippen LogP) is 0.227. The third-order valence-corrected chi connectivity index (χ3v) is 6.82. The highest BCUT2D eigenvalue weighted by atomic mass is 16.4. The first kappa shape index (κ1) is 32.2. The number of unbranched alkanes of at least 4 members (excludes halogenated alkanes) is 1. The Hall–Kier alpha value is -3.97. The molecule has 2 aromatic rings. The molecule has 5 unspecified atom stereocenters. The van der Waals surface area contributed by atoms with Crippen molar-refractivity contribution in [3.63, 3.8) is 0 Å². The molecule has 13 heteroatoms. The quantitative estimate of drug-likeness (QED) is 0.124. The summed E-state index contributed by atoms with van der Waals surface area (Å²) in [7, 11) is 0. The zero-order valence-corrected chi connectivity index (χ0v) is 22.8. The molecule has 0 saturated carbocycles. The molecule has 0 aliphatic carbocycles. The number of H-pyrrole nitrogens is 1. The number of fused-ring (bicyclic) bond motifs is 1. The minimum Gasteiger partial charge on any atom is -0.481 e. The molecular formula is C27H40N6O7. The summed E-state index contributed by atoms with van der Waals surface area (Å²) in [6.07, 6.45) is 3.09. The zero-order valence-electron chi connectivity index (χ0n) is 22.8. The Bertz CT molecular complexity index is 1180. The van der Waals surface area contributed by atoms with E-state index in [2.05, 4.69) is 20.9 Å². The van der Waals surface area contributed by atoms with Crippen molar-refractivity contribution in [2.24, 2.45) is 17.4 Å². The fourth-order valence-corrected chi connectivity index (χ4v) is 4.24. The predicted molar refractivity (Wildman–Crippen MR) is 148 cm³/mol. The van der Waals surface area contributed by atoms with Crippen LogP contribution in [-0.4, -0.2) is 75.6 Å². The summed E-state index contributed by atoms with van der Waals surface area (Å²) in [6, 6.07) is 2.47. The fourth-order valence-electron chi connectivity index (χ4n) is 4.24. The number of hydrogen-bond acceptors (Lipinski definition) is 7. The minimum absolute atomic E-state index is 0.0270. The van der Waals surface area contributed by atoms with Crippen LogP contribution in [0, 0.1) is 5.92 Å². The average Bonchev–Trinajstić information content (AvgIpc) is 3.32. The van der Waals surface area contributed by atoms with Crippen LogP contribution >= 0.6 is 0 Å². The van der Waals surface area contributed by atoms with Gasteiger partial charge in [0.1, 0.15) is 18.1 Å². The van der Waals surface area contributed by atoms with Gasteiger partial charge in [0.25, 0.3) is 0 Å². The average molecular weight is 561 g/mol. The first-order valence-electron chi connectivity index (χ1n) is 13.3. The molecular weight excluding hydrogens is 520 g/mol. The lowest BCUT2D eigenvalue weighted by Crippen LogP contribution is -2.59. The Balaban J connectivity index is 2.31. The molecule has 0 fully saturated rings. The summed E-state index contributed by atoms with van der Waals surface area (Å²) >= 11 is 0. The molecule has 2 rings (SSSR count). The molecule has 3 amide bonds. The number of carboxylic acid groups (broad SMARTS) is 2. The van der Waals surface area contributed by atoms with E-state index in [-0.39, 0.29) is 12.3 Å². The van der Waals surface area contributed by atoms with Crippen LogP contribution in [0.25, 0.3) is 10.9 Å². The summed E-state index contributed by atoms with van der Waals surface area (Å²) in [5, 5.41) is 26.9. The van der Waals surface area contributed by atoms with Crippen molar-refractivity contribution in [1.29, 1.82) is 0 Å². The van der Waals surface area contributed by atoms with Crippen LogP contribution in [0.1, 0.15) is 51.5 Å². The van der Waals surface area contributed by atoms with Gasteiger partial charge in [-0.2, -0.15) is 0 Å². The molecule has 1 heterocycles. The van der Waals surface area contributed by atoms with Gasteiger partial charge >= 0.3 is 11.9 Å². The number of para-hydroxylation sites is 1. The number of aromatic nitrogens is 1. The first-order valence-corrected chi connectivity index (χ1v) is 13.3. The van der Waals surface area contributed by atoms with Gasteiger partial charge in [0.05, 0.1) is 12.5 Å². The van der Waals surface area contributed by atoms with Crippen LogP contribution in [0.5, 0.6) is 0 Å². The van der Waals surface area contributed by atoms with Gasteiger partial charge in [-0.1, -0.05) is 44.9 Å². The lowest BCUT2D eigenvalue weighted by Gasteiger charge is -2.28. The molecule has 0 spiro atoms. The van der Waals surface area contributed by atoms with E-state index in [1.54, 1.807) is 13.1 Å². The van der Waals surface area contributed by atoms with E-state index in [9.17, 15) is 29.1 Å². The van der Waals surface area contributed by atoms with E-state index in [0.29, 0.717) is 37.8 Å². The Morgan fingerprint density at radius 1 is 0.950 bits per heavy atom. The van der Waals surface area contributed by atoms with Crippen LogP contribution in [0.2, 0.25) is 0 Å². The Morgan fingerprint density at radius 2 is 1.62 bits per heavy atom. The second-order valence-electron chi connectivity index (χ2n) is 9.88. The summed E-state index contributed by atoms with van der Waals surface area (Å²) in [6.45, 7) is 4.09. The monoisotopic (exact) mass is 560 g/mol. The molecule has 0 radical (unpaired) electrons.